The summed E-state index contributed by atoms with van der Waals surface area (Å²) in [5.74, 6) is -4.32. The number of halogens is 3. The number of nitrogens with zero attached hydrogens (tertiary/aromatic N) is 1. The minimum atomic E-state index is -4.47. The van der Waals surface area contributed by atoms with Gasteiger partial charge in [-0.3, -0.25) is 4.79 Å². The molecule has 196 valence electrons. The first-order chi connectivity index (χ1) is 17.1. The first-order valence-electron chi connectivity index (χ1n) is 12.0. The predicted molar refractivity (Wildman–Crippen MR) is 135 cm³/mol. The Bertz CT molecular complexity index is 1160. The summed E-state index contributed by atoms with van der Waals surface area (Å²) in [5, 5.41) is 0. The van der Waals surface area contributed by atoms with Gasteiger partial charge in [-0.15, -0.1) is 0 Å². The van der Waals surface area contributed by atoms with Crippen molar-refractivity contribution >= 4 is 31.9 Å². The minimum Gasteiger partial charge on any atom is -0.490 e. The van der Waals surface area contributed by atoms with Crippen LogP contribution in [0.3, 0.4) is 0 Å². The molecule has 1 saturated carbocycles. The van der Waals surface area contributed by atoms with Gasteiger partial charge in [0.2, 0.25) is 15.9 Å². The zero-order valence-corrected chi connectivity index (χ0v) is 22.1. The van der Waals surface area contributed by atoms with Crippen LogP contribution in [0.25, 0.3) is 0 Å². The molecular formula is C25H30BrF2N3O4S. The maximum atomic E-state index is 15.8. The molecule has 1 aliphatic heterocycles. The molecule has 3 N–H and O–H groups in total. The summed E-state index contributed by atoms with van der Waals surface area (Å²) in [5.41, 5.74) is 5.48. The molecule has 11 heteroatoms. The molecule has 36 heavy (non-hydrogen) atoms. The number of piperidine rings is 1. The van der Waals surface area contributed by atoms with E-state index in [1.54, 1.807) is 0 Å². The number of alkyl halides is 2. The van der Waals surface area contributed by atoms with Gasteiger partial charge in [0.05, 0.1) is 11.0 Å². The summed E-state index contributed by atoms with van der Waals surface area (Å²) in [4.78, 5) is 14.3. The molecule has 0 spiro atoms. The maximum Gasteiger partial charge on any atom is 0.298 e. The molecular weight excluding hydrogens is 556 g/mol. The topological polar surface area (TPSA) is 102 Å². The number of hydrogen-bond donors (Lipinski definition) is 2. The smallest absolute Gasteiger partial charge is 0.298 e. The van der Waals surface area contributed by atoms with Gasteiger partial charge in [-0.2, -0.15) is 13.5 Å². The molecule has 0 aromatic heterocycles. The van der Waals surface area contributed by atoms with Gasteiger partial charge in [-0.1, -0.05) is 28.1 Å². The van der Waals surface area contributed by atoms with E-state index in [-0.39, 0.29) is 30.1 Å². The third kappa shape index (κ3) is 6.24. The van der Waals surface area contributed by atoms with E-state index in [0.717, 1.165) is 37.8 Å². The maximum absolute atomic E-state index is 15.8. The Morgan fingerprint density at radius 2 is 1.69 bits per heavy atom. The number of sulfonamides is 1. The van der Waals surface area contributed by atoms with Crippen molar-refractivity contribution in [1.82, 2.24) is 9.62 Å². The second kappa shape index (κ2) is 11.1. The van der Waals surface area contributed by atoms with Crippen molar-refractivity contribution in [2.75, 3.05) is 13.1 Å². The van der Waals surface area contributed by atoms with Crippen LogP contribution in [-0.2, 0) is 20.7 Å². The molecule has 2 aliphatic rings. The van der Waals surface area contributed by atoms with Crippen LogP contribution in [0.4, 0.5) is 8.78 Å². The Morgan fingerprint density at radius 3 is 2.31 bits per heavy atom. The fraction of sp³-hybridized carbons (Fsp3) is 0.480. The van der Waals surface area contributed by atoms with Gasteiger partial charge in [0.25, 0.3) is 5.92 Å². The number of ether oxygens (including phenoxy) is 1. The Labute approximate surface area is 218 Å². The minimum absolute atomic E-state index is 0.0840. The molecule has 1 heterocycles. The first-order valence-corrected chi connectivity index (χ1v) is 14.3. The zero-order chi connectivity index (χ0) is 25.9. The summed E-state index contributed by atoms with van der Waals surface area (Å²) < 4.78 is 66.3. The summed E-state index contributed by atoms with van der Waals surface area (Å²) in [6.07, 6.45) is 5.37. The lowest BCUT2D eigenvalue weighted by Gasteiger charge is -2.36. The average Bonchev–Trinajstić information content (AvgIpc) is 3.36. The van der Waals surface area contributed by atoms with Crippen LogP contribution in [0.15, 0.2) is 57.9 Å². The van der Waals surface area contributed by atoms with E-state index in [0.29, 0.717) is 23.1 Å². The Hall–Kier alpha value is -2.08. The van der Waals surface area contributed by atoms with E-state index < -0.39 is 33.5 Å². The number of carbonyl (C=O) groups is 1. The van der Waals surface area contributed by atoms with Crippen molar-refractivity contribution in [3.8, 4) is 5.75 Å². The lowest BCUT2D eigenvalue weighted by Crippen LogP contribution is -2.58. The number of carbonyl (C=O) groups excluding carboxylic acids is 1. The lowest BCUT2D eigenvalue weighted by molar-refractivity contribution is -0.145. The summed E-state index contributed by atoms with van der Waals surface area (Å²) in [6, 6.07) is 8.05. The average molecular weight is 586 g/mol. The molecule has 2 aromatic carbocycles. The van der Waals surface area contributed by atoms with Crippen LogP contribution in [0.5, 0.6) is 5.75 Å². The van der Waals surface area contributed by atoms with Crippen molar-refractivity contribution in [2.24, 2.45) is 5.73 Å². The SMILES string of the molecule is N[C@@H]1CCCN(C(=O)[C@H](NS(=O)(=O)c2ccc(OC3CCCC3)cc2)C(F)(F)c2ccc(Br)cc2)C1. The highest BCUT2D eigenvalue weighted by molar-refractivity contribution is 9.10. The highest BCUT2D eigenvalue weighted by Crippen LogP contribution is 2.35. The van der Waals surface area contributed by atoms with E-state index >= 15 is 8.78 Å². The van der Waals surface area contributed by atoms with Crippen molar-refractivity contribution in [3.05, 3.63) is 58.6 Å². The predicted octanol–water partition coefficient (Wildman–Crippen LogP) is 4.16. The number of benzene rings is 2. The largest absolute Gasteiger partial charge is 0.490 e. The van der Waals surface area contributed by atoms with E-state index in [1.165, 1.54) is 41.3 Å². The third-order valence-electron chi connectivity index (χ3n) is 6.62. The molecule has 0 bridgehead atoms. The summed E-state index contributed by atoms with van der Waals surface area (Å²) in [6.45, 7) is 0.315. The van der Waals surface area contributed by atoms with Gasteiger partial charge in [-0.25, -0.2) is 8.42 Å². The van der Waals surface area contributed by atoms with Crippen LogP contribution in [-0.4, -0.2) is 50.5 Å². The molecule has 2 aromatic rings. The van der Waals surface area contributed by atoms with Gasteiger partial charge >= 0.3 is 0 Å². The van der Waals surface area contributed by atoms with Gasteiger partial charge in [0, 0.05) is 29.2 Å². The molecule has 7 nitrogen and oxygen atoms in total. The van der Waals surface area contributed by atoms with Crippen LogP contribution in [0.2, 0.25) is 0 Å². The Kier molecular flexibility index (Phi) is 8.33. The second-order valence-electron chi connectivity index (χ2n) is 9.37. The van der Waals surface area contributed by atoms with Crippen molar-refractivity contribution in [1.29, 1.82) is 0 Å². The highest BCUT2D eigenvalue weighted by atomic mass is 79.9. The number of likely N-dealkylation sites (tertiary alicyclic amines) is 1. The number of amides is 1. The number of rotatable bonds is 8. The molecule has 2 atom stereocenters. The number of hydrogen-bond acceptors (Lipinski definition) is 5. The van der Waals surface area contributed by atoms with Crippen LogP contribution in [0, 0.1) is 0 Å². The highest BCUT2D eigenvalue weighted by Gasteiger charge is 2.50. The van der Waals surface area contributed by atoms with Crippen molar-refractivity contribution in [2.45, 2.75) is 67.5 Å². The fourth-order valence-electron chi connectivity index (χ4n) is 4.63. The standard InChI is InChI=1S/C25H30BrF2N3O4S/c26-18-9-7-17(8-10-18)25(27,28)23(24(32)31-15-3-4-19(29)16-31)30-36(33,34)22-13-11-21(12-14-22)35-20-5-1-2-6-20/h7-14,19-20,23,30H,1-6,15-16,29H2/t19-,23+/m1/s1. The Morgan fingerprint density at radius 1 is 1.06 bits per heavy atom. The van der Waals surface area contributed by atoms with Crippen molar-refractivity contribution < 1.29 is 26.7 Å². The molecule has 0 unspecified atom stereocenters. The Balaban J connectivity index is 1.60. The van der Waals surface area contributed by atoms with E-state index in [4.69, 9.17) is 10.5 Å². The van der Waals surface area contributed by atoms with Crippen LogP contribution in [0.1, 0.15) is 44.1 Å². The number of nitrogens with two attached hydrogens (primary N) is 1. The molecule has 1 amide bonds. The third-order valence-corrected chi connectivity index (χ3v) is 8.59. The lowest BCUT2D eigenvalue weighted by atomic mass is 9.99. The fourth-order valence-corrected chi connectivity index (χ4v) is 6.08. The molecule has 1 saturated heterocycles. The molecule has 0 radical (unpaired) electrons. The zero-order valence-electron chi connectivity index (χ0n) is 19.7. The number of nitrogens with one attached hydrogen (secondary N) is 1. The quantitative estimate of drug-likeness (QED) is 0.484. The van der Waals surface area contributed by atoms with Gasteiger partial charge < -0.3 is 15.4 Å². The molecule has 2 fully saturated rings. The van der Waals surface area contributed by atoms with Gasteiger partial charge in [0.15, 0.2) is 6.04 Å². The monoisotopic (exact) mass is 585 g/mol. The normalized spacial score (nSPS) is 20.3. The first kappa shape index (κ1) is 27.0. The second-order valence-corrected chi connectivity index (χ2v) is 12.0. The van der Waals surface area contributed by atoms with Crippen LogP contribution >= 0.6 is 15.9 Å². The van der Waals surface area contributed by atoms with E-state index in [1.807, 2.05) is 4.72 Å². The summed E-state index contributed by atoms with van der Waals surface area (Å²) >= 11 is 3.20. The van der Waals surface area contributed by atoms with Gasteiger partial charge in [-0.05, 0) is 74.9 Å². The van der Waals surface area contributed by atoms with Crippen molar-refractivity contribution in [3.63, 3.8) is 0 Å². The van der Waals surface area contributed by atoms with E-state index in [2.05, 4.69) is 15.9 Å². The van der Waals surface area contributed by atoms with Crippen LogP contribution < -0.4 is 15.2 Å². The molecule has 4 rings (SSSR count). The molecule has 1 aliphatic carbocycles. The van der Waals surface area contributed by atoms with E-state index in [9.17, 15) is 13.2 Å². The van der Waals surface area contributed by atoms with Gasteiger partial charge in [0.1, 0.15) is 5.75 Å². The summed E-state index contributed by atoms with van der Waals surface area (Å²) in [7, 11) is -4.47.